The maximum atomic E-state index is 6.35. The predicted molar refractivity (Wildman–Crippen MR) is 84.5 cm³/mol. The normalized spacial score (nSPS) is 12.7. The highest BCUT2D eigenvalue weighted by atomic mass is 35.5. The van der Waals surface area contributed by atoms with Gasteiger partial charge in [0.05, 0.1) is 12.2 Å². The largest absolute Gasteiger partial charge is 0.306 e. The van der Waals surface area contributed by atoms with Crippen LogP contribution in [0.25, 0.3) is 0 Å². The molecular formula is C15H19Cl2N3. The van der Waals surface area contributed by atoms with Crippen LogP contribution in [0.4, 0.5) is 0 Å². The van der Waals surface area contributed by atoms with Gasteiger partial charge in [0.1, 0.15) is 0 Å². The Bertz CT molecular complexity index is 593. The van der Waals surface area contributed by atoms with Crippen molar-refractivity contribution in [1.82, 2.24) is 15.1 Å². The molecule has 5 heteroatoms. The molecule has 0 radical (unpaired) electrons. The quantitative estimate of drug-likeness (QED) is 0.900. The molecule has 1 aromatic carbocycles. The number of rotatable bonds is 5. The summed E-state index contributed by atoms with van der Waals surface area (Å²) in [5, 5.41) is 9.25. The monoisotopic (exact) mass is 311 g/mol. The van der Waals surface area contributed by atoms with Gasteiger partial charge in [-0.2, -0.15) is 5.10 Å². The lowest BCUT2D eigenvalue weighted by Gasteiger charge is -2.20. The zero-order valence-corrected chi connectivity index (χ0v) is 13.5. The van der Waals surface area contributed by atoms with Crippen LogP contribution >= 0.6 is 23.2 Å². The lowest BCUT2D eigenvalue weighted by atomic mass is 9.99. The molecule has 1 heterocycles. The van der Waals surface area contributed by atoms with Crippen LogP contribution in [0.1, 0.15) is 36.2 Å². The van der Waals surface area contributed by atoms with Gasteiger partial charge in [-0.15, -0.1) is 0 Å². The van der Waals surface area contributed by atoms with Gasteiger partial charge in [-0.25, -0.2) is 0 Å². The lowest BCUT2D eigenvalue weighted by molar-refractivity contribution is 0.594. The summed E-state index contributed by atoms with van der Waals surface area (Å²) < 4.78 is 1.87. The van der Waals surface area contributed by atoms with E-state index in [-0.39, 0.29) is 6.04 Å². The van der Waals surface area contributed by atoms with E-state index in [0.717, 1.165) is 29.8 Å². The highest BCUT2D eigenvalue weighted by Crippen LogP contribution is 2.31. The third-order valence-corrected chi connectivity index (χ3v) is 4.03. The van der Waals surface area contributed by atoms with Crippen LogP contribution in [-0.4, -0.2) is 16.3 Å². The highest BCUT2D eigenvalue weighted by molar-refractivity contribution is 6.33. The van der Waals surface area contributed by atoms with E-state index in [2.05, 4.69) is 24.3 Å². The van der Waals surface area contributed by atoms with Crippen molar-refractivity contribution in [2.75, 3.05) is 6.54 Å². The van der Waals surface area contributed by atoms with E-state index in [9.17, 15) is 0 Å². The standard InChI is InChI=1S/C15H19Cl2N3/c1-4-7-18-15(13-9-19-20(3)10(13)2)12-8-11(16)5-6-14(12)17/h5-6,8-9,15,18H,4,7H2,1-3H3. The summed E-state index contributed by atoms with van der Waals surface area (Å²) in [5.41, 5.74) is 3.24. The fourth-order valence-corrected chi connectivity index (χ4v) is 2.62. The first-order valence-electron chi connectivity index (χ1n) is 6.71. The van der Waals surface area contributed by atoms with E-state index in [1.54, 1.807) is 6.07 Å². The van der Waals surface area contributed by atoms with Crippen LogP contribution in [0.3, 0.4) is 0 Å². The van der Waals surface area contributed by atoms with Gasteiger partial charge in [0.15, 0.2) is 0 Å². The first-order valence-corrected chi connectivity index (χ1v) is 7.47. The molecule has 1 N–H and O–H groups in total. The van der Waals surface area contributed by atoms with E-state index in [4.69, 9.17) is 23.2 Å². The third kappa shape index (κ3) is 3.17. The summed E-state index contributed by atoms with van der Waals surface area (Å²) >= 11 is 12.5. The Hall–Kier alpha value is -1.03. The van der Waals surface area contributed by atoms with Gasteiger partial charge in [0, 0.05) is 28.4 Å². The van der Waals surface area contributed by atoms with Gasteiger partial charge in [-0.05, 0) is 43.7 Å². The fraction of sp³-hybridized carbons (Fsp3) is 0.400. The smallest absolute Gasteiger partial charge is 0.0625 e. The van der Waals surface area contributed by atoms with Gasteiger partial charge >= 0.3 is 0 Å². The molecule has 108 valence electrons. The summed E-state index contributed by atoms with van der Waals surface area (Å²) in [6, 6.07) is 5.57. The van der Waals surface area contributed by atoms with Crippen LogP contribution in [0.5, 0.6) is 0 Å². The Kier molecular flexibility index (Phi) is 5.08. The fourth-order valence-electron chi connectivity index (χ4n) is 2.21. The molecule has 0 amide bonds. The highest BCUT2D eigenvalue weighted by Gasteiger charge is 2.20. The molecular weight excluding hydrogens is 293 g/mol. The number of aryl methyl sites for hydroxylation is 1. The second-order valence-electron chi connectivity index (χ2n) is 4.86. The van der Waals surface area contributed by atoms with Crippen LogP contribution in [0.2, 0.25) is 10.0 Å². The average Bonchev–Trinajstić information content (AvgIpc) is 2.75. The van der Waals surface area contributed by atoms with Crippen molar-refractivity contribution >= 4 is 23.2 Å². The summed E-state index contributed by atoms with van der Waals surface area (Å²) in [5.74, 6) is 0. The molecule has 1 atom stereocenters. The minimum Gasteiger partial charge on any atom is -0.306 e. The number of halogens is 2. The van der Waals surface area contributed by atoms with E-state index in [1.165, 1.54) is 0 Å². The van der Waals surface area contributed by atoms with Crippen molar-refractivity contribution in [1.29, 1.82) is 0 Å². The second-order valence-corrected chi connectivity index (χ2v) is 5.71. The molecule has 0 aliphatic heterocycles. The van der Waals surface area contributed by atoms with Gasteiger partial charge in [0.25, 0.3) is 0 Å². The number of benzene rings is 1. The number of hydrogen-bond donors (Lipinski definition) is 1. The molecule has 1 unspecified atom stereocenters. The van der Waals surface area contributed by atoms with Crippen molar-refractivity contribution in [2.45, 2.75) is 26.3 Å². The number of hydrogen-bond acceptors (Lipinski definition) is 2. The molecule has 2 aromatic rings. The Labute approximate surface area is 129 Å². The van der Waals surface area contributed by atoms with Crippen LogP contribution in [0, 0.1) is 6.92 Å². The molecule has 0 aliphatic carbocycles. The van der Waals surface area contributed by atoms with Crippen molar-refractivity contribution in [3.63, 3.8) is 0 Å². The maximum Gasteiger partial charge on any atom is 0.0625 e. The molecule has 0 fully saturated rings. The summed E-state index contributed by atoms with van der Waals surface area (Å²) in [6.07, 6.45) is 2.94. The SMILES string of the molecule is CCCNC(c1cc(Cl)ccc1Cl)c1cnn(C)c1C. The molecule has 0 aliphatic rings. The summed E-state index contributed by atoms with van der Waals surface area (Å²) in [6.45, 7) is 5.10. The Balaban J connectivity index is 2.47. The third-order valence-electron chi connectivity index (χ3n) is 3.45. The average molecular weight is 312 g/mol. The first kappa shape index (κ1) is 15.4. The van der Waals surface area contributed by atoms with Gasteiger partial charge in [0.2, 0.25) is 0 Å². The molecule has 2 rings (SSSR count). The minimum atomic E-state index is 0.00912. The number of nitrogens with zero attached hydrogens (tertiary/aromatic N) is 2. The molecule has 20 heavy (non-hydrogen) atoms. The molecule has 0 saturated heterocycles. The zero-order chi connectivity index (χ0) is 14.7. The van der Waals surface area contributed by atoms with Crippen molar-refractivity contribution in [3.05, 3.63) is 51.3 Å². The van der Waals surface area contributed by atoms with Crippen molar-refractivity contribution < 1.29 is 0 Å². The number of aromatic nitrogens is 2. The molecule has 3 nitrogen and oxygen atoms in total. The van der Waals surface area contributed by atoms with Gasteiger partial charge in [-0.3, -0.25) is 4.68 Å². The van der Waals surface area contributed by atoms with E-state index in [0.29, 0.717) is 10.0 Å². The lowest BCUT2D eigenvalue weighted by Crippen LogP contribution is -2.24. The van der Waals surface area contributed by atoms with Gasteiger partial charge < -0.3 is 5.32 Å². The molecule has 1 aromatic heterocycles. The summed E-state index contributed by atoms with van der Waals surface area (Å²) in [7, 11) is 1.94. The minimum absolute atomic E-state index is 0.00912. The number of nitrogens with one attached hydrogen (secondary N) is 1. The summed E-state index contributed by atoms with van der Waals surface area (Å²) in [4.78, 5) is 0. The van der Waals surface area contributed by atoms with E-state index < -0.39 is 0 Å². The van der Waals surface area contributed by atoms with Crippen LogP contribution in [-0.2, 0) is 7.05 Å². The van der Waals surface area contributed by atoms with Crippen LogP contribution < -0.4 is 5.32 Å². The predicted octanol–water partition coefficient (Wildman–Crippen LogP) is 4.12. The van der Waals surface area contributed by atoms with Crippen molar-refractivity contribution in [2.24, 2.45) is 7.05 Å². The Morgan fingerprint density at radius 1 is 1.30 bits per heavy atom. The molecule has 0 saturated carbocycles. The maximum absolute atomic E-state index is 6.35. The van der Waals surface area contributed by atoms with Crippen LogP contribution in [0.15, 0.2) is 24.4 Å². The molecule has 0 bridgehead atoms. The van der Waals surface area contributed by atoms with E-state index in [1.807, 2.05) is 30.1 Å². The topological polar surface area (TPSA) is 29.9 Å². The second kappa shape index (κ2) is 6.61. The molecule has 0 spiro atoms. The van der Waals surface area contributed by atoms with Gasteiger partial charge in [-0.1, -0.05) is 30.1 Å². The van der Waals surface area contributed by atoms with Crippen molar-refractivity contribution in [3.8, 4) is 0 Å². The first-order chi connectivity index (χ1) is 9.54. The Morgan fingerprint density at radius 3 is 2.65 bits per heavy atom. The Morgan fingerprint density at radius 2 is 2.05 bits per heavy atom. The van der Waals surface area contributed by atoms with E-state index >= 15 is 0 Å². The zero-order valence-electron chi connectivity index (χ0n) is 12.0.